The summed E-state index contributed by atoms with van der Waals surface area (Å²) in [5, 5.41) is 0. The molecule has 6 aliphatic rings. The van der Waals surface area contributed by atoms with Crippen molar-refractivity contribution in [2.45, 2.75) is 17.2 Å². The van der Waals surface area contributed by atoms with Crippen molar-refractivity contribution in [2.75, 3.05) is 0 Å². The van der Waals surface area contributed by atoms with Crippen LogP contribution < -0.4 is 0 Å². The molecule has 8 atom stereocenters. The highest BCUT2D eigenvalue weighted by molar-refractivity contribution is 9.10. The average Bonchev–Trinajstić information content (AvgIpc) is 2.70. The largest absolute Gasteiger partial charge is 0.299 e. The first-order valence-corrected chi connectivity index (χ1v) is 6.25. The second kappa shape index (κ2) is 1.46. The molecule has 0 aromatic rings. The lowest BCUT2D eigenvalue weighted by Crippen LogP contribution is -2.39. The van der Waals surface area contributed by atoms with Crippen molar-refractivity contribution in [3.05, 3.63) is 0 Å². The fraction of sp³-hybridized carbons (Fsp3) is 0.909. The maximum atomic E-state index is 12.1. The Balaban J connectivity index is 1.94. The maximum Gasteiger partial charge on any atom is 0.141 e. The molecule has 6 fully saturated rings. The van der Waals surface area contributed by atoms with Crippen LogP contribution in [-0.4, -0.2) is 10.1 Å². The molecule has 0 saturated heterocycles. The number of alkyl halides is 1. The van der Waals surface area contributed by atoms with Crippen molar-refractivity contribution in [2.24, 2.45) is 41.4 Å². The molecule has 68 valence electrons. The molecule has 0 aromatic heterocycles. The zero-order valence-electron chi connectivity index (χ0n) is 7.24. The predicted octanol–water partition coefficient (Wildman–Crippen LogP) is 1.85. The molecule has 13 heavy (non-hydrogen) atoms. The molecule has 0 aromatic carbocycles. The Bertz CT molecular complexity index is 365. The van der Waals surface area contributed by atoms with E-state index in [1.54, 1.807) is 0 Å². The molecule has 0 radical (unpaired) electrons. The van der Waals surface area contributed by atoms with E-state index in [4.69, 9.17) is 0 Å². The molecule has 0 amide bonds. The summed E-state index contributed by atoms with van der Waals surface area (Å²) in [6.45, 7) is 0. The van der Waals surface area contributed by atoms with E-state index in [1.807, 2.05) is 0 Å². The van der Waals surface area contributed by atoms with Crippen molar-refractivity contribution in [3.63, 3.8) is 0 Å². The van der Waals surface area contributed by atoms with Crippen molar-refractivity contribution in [1.29, 1.82) is 0 Å². The van der Waals surface area contributed by atoms with Crippen LogP contribution in [-0.2, 0) is 4.79 Å². The Morgan fingerprint density at radius 2 is 2.15 bits per heavy atom. The van der Waals surface area contributed by atoms with Gasteiger partial charge in [0, 0.05) is 16.2 Å². The van der Waals surface area contributed by atoms with Crippen LogP contribution in [0.1, 0.15) is 12.8 Å². The number of hydrogen-bond acceptors (Lipinski definition) is 1. The van der Waals surface area contributed by atoms with Gasteiger partial charge in [0.05, 0.1) is 0 Å². The van der Waals surface area contributed by atoms with Crippen molar-refractivity contribution < 1.29 is 4.79 Å². The number of rotatable bonds is 0. The smallest absolute Gasteiger partial charge is 0.141 e. The third kappa shape index (κ3) is 0.383. The van der Waals surface area contributed by atoms with E-state index in [0.717, 1.165) is 29.6 Å². The van der Waals surface area contributed by atoms with Gasteiger partial charge in [-0.2, -0.15) is 0 Å². The summed E-state index contributed by atoms with van der Waals surface area (Å²) in [6, 6.07) is 0. The Morgan fingerprint density at radius 1 is 1.31 bits per heavy atom. The van der Waals surface area contributed by atoms with Crippen LogP contribution in [0.2, 0.25) is 0 Å². The molecule has 1 nitrogen and oxygen atoms in total. The van der Waals surface area contributed by atoms with Gasteiger partial charge in [0.1, 0.15) is 5.78 Å². The van der Waals surface area contributed by atoms with Gasteiger partial charge in [-0.3, -0.25) is 4.79 Å². The van der Waals surface area contributed by atoms with Gasteiger partial charge < -0.3 is 0 Å². The van der Waals surface area contributed by atoms with Gasteiger partial charge in [-0.1, -0.05) is 15.9 Å². The minimum absolute atomic E-state index is 0.307. The number of carbonyl (C=O) groups is 1. The van der Waals surface area contributed by atoms with Gasteiger partial charge in [-0.15, -0.1) is 0 Å². The molecule has 0 unspecified atom stereocenters. The summed E-state index contributed by atoms with van der Waals surface area (Å²) in [5.74, 6) is 5.94. The maximum absolute atomic E-state index is 12.1. The summed E-state index contributed by atoms with van der Waals surface area (Å²) in [6.07, 6.45) is 2.73. The lowest BCUT2D eigenvalue weighted by Gasteiger charge is -2.37. The Hall–Kier alpha value is 0.150. The fourth-order valence-electron chi connectivity index (χ4n) is 6.19. The minimum Gasteiger partial charge on any atom is -0.299 e. The van der Waals surface area contributed by atoms with Gasteiger partial charge in [0.15, 0.2) is 0 Å². The third-order valence-corrected chi connectivity index (χ3v) is 7.38. The first-order chi connectivity index (χ1) is 6.23. The lowest BCUT2D eigenvalue weighted by molar-refractivity contribution is -0.122. The van der Waals surface area contributed by atoms with Crippen LogP contribution >= 0.6 is 15.9 Å². The number of hydrogen-bond donors (Lipinski definition) is 0. The van der Waals surface area contributed by atoms with E-state index in [-0.39, 0.29) is 0 Å². The number of carbonyl (C=O) groups excluding carboxylic acids is 1. The van der Waals surface area contributed by atoms with E-state index in [9.17, 15) is 4.79 Å². The molecule has 6 saturated carbocycles. The Kier molecular flexibility index (Phi) is 0.742. The first-order valence-electron chi connectivity index (χ1n) is 5.46. The summed E-state index contributed by atoms with van der Waals surface area (Å²) in [4.78, 5) is 12.1. The molecule has 0 N–H and O–H groups in total. The summed E-state index contributed by atoms with van der Waals surface area (Å²) in [7, 11) is 0. The van der Waals surface area contributed by atoms with E-state index >= 15 is 0 Å². The molecule has 0 heterocycles. The van der Waals surface area contributed by atoms with Gasteiger partial charge >= 0.3 is 0 Å². The van der Waals surface area contributed by atoms with Gasteiger partial charge in [0.25, 0.3) is 0 Å². The second-order valence-corrected chi connectivity index (χ2v) is 7.34. The molecule has 0 spiro atoms. The monoisotopic (exact) mass is 238 g/mol. The average molecular weight is 239 g/mol. The minimum atomic E-state index is 0.307. The first kappa shape index (κ1) is 6.60. The van der Waals surface area contributed by atoms with Crippen LogP contribution in [0.3, 0.4) is 0 Å². The molecule has 6 aliphatic carbocycles. The highest BCUT2D eigenvalue weighted by Crippen LogP contribution is 2.84. The van der Waals surface area contributed by atoms with Gasteiger partial charge in [-0.25, -0.2) is 0 Å². The summed E-state index contributed by atoms with van der Waals surface area (Å²) < 4.78 is 0.307. The zero-order valence-corrected chi connectivity index (χ0v) is 8.83. The zero-order chi connectivity index (χ0) is 8.53. The molecular weight excluding hydrogens is 228 g/mol. The molecule has 0 aliphatic heterocycles. The number of Topliss-reactive ketones (excluding diaryl/α,β-unsaturated/α-hetero) is 1. The number of ketones is 1. The van der Waals surface area contributed by atoms with E-state index < -0.39 is 0 Å². The van der Waals surface area contributed by atoms with Crippen LogP contribution in [0.5, 0.6) is 0 Å². The van der Waals surface area contributed by atoms with Crippen LogP contribution in [0, 0.1) is 41.4 Å². The van der Waals surface area contributed by atoms with Crippen molar-refractivity contribution >= 4 is 21.7 Å². The topological polar surface area (TPSA) is 17.1 Å². The van der Waals surface area contributed by atoms with E-state index in [2.05, 4.69) is 15.9 Å². The lowest BCUT2D eigenvalue weighted by atomic mass is 9.71. The third-order valence-electron chi connectivity index (χ3n) is 6.03. The Labute approximate surface area is 85.4 Å². The SMILES string of the molecule is O=C1[C@H]2[C@@H]3C[C@H]4[C@@H]5C[C@@](Br)([C@H]42)[C@H]1[C@@H]53. The van der Waals surface area contributed by atoms with Crippen LogP contribution in [0.15, 0.2) is 0 Å². The Morgan fingerprint density at radius 3 is 2.92 bits per heavy atom. The predicted molar refractivity (Wildman–Crippen MR) is 50.3 cm³/mol. The van der Waals surface area contributed by atoms with Crippen LogP contribution in [0.4, 0.5) is 0 Å². The highest BCUT2D eigenvalue weighted by atomic mass is 79.9. The van der Waals surface area contributed by atoms with E-state index in [1.165, 1.54) is 12.8 Å². The molecule has 6 bridgehead atoms. The fourth-order valence-corrected chi connectivity index (χ4v) is 7.72. The normalized spacial score (nSPS) is 79.8. The van der Waals surface area contributed by atoms with E-state index in [0.29, 0.717) is 21.9 Å². The van der Waals surface area contributed by atoms with Crippen molar-refractivity contribution in [3.8, 4) is 0 Å². The summed E-state index contributed by atoms with van der Waals surface area (Å²) in [5.41, 5.74) is 0. The van der Waals surface area contributed by atoms with Gasteiger partial charge in [-0.05, 0) is 42.4 Å². The summed E-state index contributed by atoms with van der Waals surface area (Å²) >= 11 is 3.94. The molecular formula is C11H11BrO. The number of halogens is 1. The second-order valence-electron chi connectivity index (χ2n) is 5.87. The van der Waals surface area contributed by atoms with Crippen LogP contribution in [0.25, 0.3) is 0 Å². The standard InChI is InChI=1S/C11H11BrO/c12-11-2-5-3-1-4-6(5)9(11)10(13)7(4)8(3)11/h3-9H,1-2H2/t3-,4+,5-,6+,7-,8+,9-,11+/m0/s1. The molecule has 6 rings (SSSR count). The quantitative estimate of drug-likeness (QED) is 0.589. The highest BCUT2D eigenvalue weighted by Gasteiger charge is 2.85. The molecule has 2 heteroatoms. The van der Waals surface area contributed by atoms with Gasteiger partial charge in [0.2, 0.25) is 0 Å². The van der Waals surface area contributed by atoms with Crippen molar-refractivity contribution in [1.82, 2.24) is 0 Å².